The Bertz CT molecular complexity index is 537. The number of carboxylic acid groups (broad SMARTS) is 1. The van der Waals surface area contributed by atoms with Crippen molar-refractivity contribution >= 4 is 16.7 Å². The average molecular weight is 217 g/mol. The van der Waals surface area contributed by atoms with Crippen molar-refractivity contribution in [3.05, 3.63) is 41.7 Å². The molecule has 0 aliphatic heterocycles. The van der Waals surface area contributed by atoms with Gasteiger partial charge in [-0.1, -0.05) is 18.2 Å². The number of hydrogen-bond donors (Lipinski definition) is 1. The second-order valence-corrected chi connectivity index (χ2v) is 3.41. The molecule has 0 radical (unpaired) electrons. The summed E-state index contributed by atoms with van der Waals surface area (Å²) in [6.07, 6.45) is 1.50. The Morgan fingerprint density at radius 3 is 2.88 bits per heavy atom. The van der Waals surface area contributed by atoms with Crippen molar-refractivity contribution in [3.63, 3.8) is 0 Å². The highest BCUT2D eigenvalue weighted by molar-refractivity contribution is 6.02. The summed E-state index contributed by atoms with van der Waals surface area (Å²) in [6.45, 7) is 0.459. The number of aromatic carboxylic acids is 1. The minimum Gasteiger partial charge on any atom is -0.476 e. The van der Waals surface area contributed by atoms with E-state index in [1.54, 1.807) is 19.2 Å². The lowest BCUT2D eigenvalue weighted by atomic mass is 10.0. The third kappa shape index (κ3) is 1.75. The van der Waals surface area contributed by atoms with Gasteiger partial charge in [0.15, 0.2) is 5.69 Å². The van der Waals surface area contributed by atoms with Crippen LogP contribution in [0.3, 0.4) is 0 Å². The van der Waals surface area contributed by atoms with Gasteiger partial charge < -0.3 is 9.84 Å². The van der Waals surface area contributed by atoms with Crippen molar-refractivity contribution < 1.29 is 14.6 Å². The van der Waals surface area contributed by atoms with Crippen LogP contribution in [0.15, 0.2) is 30.5 Å². The van der Waals surface area contributed by atoms with Crippen molar-refractivity contribution in [1.82, 2.24) is 4.98 Å². The first kappa shape index (κ1) is 10.6. The van der Waals surface area contributed by atoms with Crippen molar-refractivity contribution in [3.8, 4) is 0 Å². The summed E-state index contributed by atoms with van der Waals surface area (Å²) in [5.74, 6) is -1.01. The fraction of sp³-hybridized carbons (Fsp3) is 0.167. The van der Waals surface area contributed by atoms with Gasteiger partial charge in [-0.05, 0) is 17.0 Å². The van der Waals surface area contributed by atoms with E-state index in [0.29, 0.717) is 12.0 Å². The Hall–Kier alpha value is -1.94. The molecule has 4 heteroatoms. The molecule has 0 aliphatic rings. The molecule has 0 atom stereocenters. The summed E-state index contributed by atoms with van der Waals surface area (Å²) in [5.41, 5.74) is 1.04. The molecule has 1 aromatic carbocycles. The summed E-state index contributed by atoms with van der Waals surface area (Å²) in [7, 11) is 1.61. The highest BCUT2D eigenvalue weighted by Crippen LogP contribution is 2.21. The third-order valence-corrected chi connectivity index (χ3v) is 2.40. The normalized spacial score (nSPS) is 10.6. The van der Waals surface area contributed by atoms with Crippen molar-refractivity contribution in [2.24, 2.45) is 0 Å². The number of methoxy groups -OCH3 is 1. The minimum atomic E-state index is -1.01. The molecule has 4 nitrogen and oxygen atoms in total. The van der Waals surface area contributed by atoms with Gasteiger partial charge in [0.1, 0.15) is 0 Å². The van der Waals surface area contributed by atoms with Crippen molar-refractivity contribution in [2.75, 3.05) is 7.11 Å². The zero-order valence-electron chi connectivity index (χ0n) is 8.80. The molecule has 2 rings (SSSR count). The van der Waals surface area contributed by atoms with Gasteiger partial charge >= 0.3 is 5.97 Å². The fourth-order valence-corrected chi connectivity index (χ4v) is 1.72. The molecular weight excluding hydrogens is 206 g/mol. The van der Waals surface area contributed by atoms with Crippen LogP contribution in [-0.2, 0) is 11.3 Å². The molecule has 0 saturated carbocycles. The molecule has 1 heterocycles. The van der Waals surface area contributed by atoms with Crippen LogP contribution in [0.1, 0.15) is 16.1 Å². The van der Waals surface area contributed by atoms with Gasteiger partial charge in [-0.25, -0.2) is 9.78 Å². The molecule has 16 heavy (non-hydrogen) atoms. The Morgan fingerprint density at radius 1 is 1.38 bits per heavy atom. The smallest absolute Gasteiger partial charge is 0.355 e. The summed E-state index contributed by atoms with van der Waals surface area (Å²) in [4.78, 5) is 14.9. The van der Waals surface area contributed by atoms with Crippen LogP contribution in [0.4, 0.5) is 0 Å². The van der Waals surface area contributed by atoms with Gasteiger partial charge in [0.2, 0.25) is 0 Å². The van der Waals surface area contributed by atoms with E-state index in [1.165, 1.54) is 6.20 Å². The van der Waals surface area contributed by atoms with Gasteiger partial charge in [0, 0.05) is 18.7 Å². The summed E-state index contributed by atoms with van der Waals surface area (Å²) < 4.78 is 5.07. The molecular formula is C12H11NO3. The monoisotopic (exact) mass is 217 g/mol. The number of benzene rings is 1. The number of hydrogen-bond acceptors (Lipinski definition) is 3. The molecule has 1 N–H and O–H groups in total. The summed E-state index contributed by atoms with van der Waals surface area (Å²) in [5, 5.41) is 10.5. The van der Waals surface area contributed by atoms with Crippen LogP contribution in [0, 0.1) is 0 Å². The molecule has 0 saturated heterocycles. The molecule has 2 aromatic rings. The van der Waals surface area contributed by atoms with Crippen LogP contribution >= 0.6 is 0 Å². The van der Waals surface area contributed by atoms with Crippen molar-refractivity contribution in [1.29, 1.82) is 0 Å². The second kappa shape index (κ2) is 4.28. The Balaban J connectivity index is 2.71. The van der Waals surface area contributed by atoms with Gasteiger partial charge in [-0.2, -0.15) is 0 Å². The number of ether oxygens (including phenoxy) is 1. The van der Waals surface area contributed by atoms with Gasteiger partial charge in [0.05, 0.1) is 6.61 Å². The highest BCUT2D eigenvalue weighted by Gasteiger charge is 2.11. The number of aromatic nitrogens is 1. The lowest BCUT2D eigenvalue weighted by Gasteiger charge is -2.06. The molecule has 0 unspecified atom stereocenters. The Kier molecular flexibility index (Phi) is 2.83. The molecule has 0 bridgehead atoms. The largest absolute Gasteiger partial charge is 0.476 e. The Morgan fingerprint density at radius 2 is 2.19 bits per heavy atom. The van der Waals surface area contributed by atoms with Crippen LogP contribution in [0.2, 0.25) is 0 Å². The standard InChI is InChI=1S/C12H11NO3/c1-16-7-8-3-2-4-10-9(8)5-6-13-11(10)12(14)15/h2-6H,7H2,1H3,(H,14,15). The molecule has 82 valence electrons. The number of pyridine rings is 1. The maximum absolute atomic E-state index is 11.0. The lowest BCUT2D eigenvalue weighted by molar-refractivity contribution is 0.0693. The average Bonchev–Trinajstić information content (AvgIpc) is 2.29. The minimum absolute atomic E-state index is 0.0791. The van der Waals surface area contributed by atoms with Gasteiger partial charge in [0.25, 0.3) is 0 Å². The zero-order valence-corrected chi connectivity index (χ0v) is 8.80. The van der Waals surface area contributed by atoms with Crippen LogP contribution < -0.4 is 0 Å². The van der Waals surface area contributed by atoms with E-state index >= 15 is 0 Å². The molecule has 0 amide bonds. The van der Waals surface area contributed by atoms with E-state index in [4.69, 9.17) is 9.84 Å². The van der Waals surface area contributed by atoms with Crippen LogP contribution in [-0.4, -0.2) is 23.2 Å². The summed E-state index contributed by atoms with van der Waals surface area (Å²) >= 11 is 0. The highest BCUT2D eigenvalue weighted by atomic mass is 16.5. The van der Waals surface area contributed by atoms with E-state index in [0.717, 1.165) is 10.9 Å². The van der Waals surface area contributed by atoms with E-state index in [-0.39, 0.29) is 5.69 Å². The summed E-state index contributed by atoms with van der Waals surface area (Å²) in [6, 6.07) is 7.28. The van der Waals surface area contributed by atoms with E-state index in [2.05, 4.69) is 4.98 Å². The quantitative estimate of drug-likeness (QED) is 0.855. The van der Waals surface area contributed by atoms with Gasteiger partial charge in [-0.15, -0.1) is 0 Å². The molecule has 0 spiro atoms. The fourth-order valence-electron chi connectivity index (χ4n) is 1.72. The SMILES string of the molecule is COCc1cccc2c(C(=O)O)nccc12. The first-order chi connectivity index (χ1) is 7.74. The third-order valence-electron chi connectivity index (χ3n) is 2.40. The number of carboxylic acids is 1. The molecule has 0 fully saturated rings. The predicted molar refractivity (Wildman–Crippen MR) is 59.4 cm³/mol. The number of rotatable bonds is 3. The van der Waals surface area contributed by atoms with Crippen LogP contribution in [0.25, 0.3) is 10.8 Å². The number of fused-ring (bicyclic) bond motifs is 1. The lowest BCUT2D eigenvalue weighted by Crippen LogP contribution is -2.01. The maximum Gasteiger partial charge on any atom is 0.355 e. The Labute approximate surface area is 92.5 Å². The van der Waals surface area contributed by atoms with E-state index in [1.807, 2.05) is 12.1 Å². The maximum atomic E-state index is 11.0. The zero-order chi connectivity index (χ0) is 11.5. The predicted octanol–water partition coefficient (Wildman–Crippen LogP) is 2.08. The second-order valence-electron chi connectivity index (χ2n) is 3.41. The molecule has 0 aliphatic carbocycles. The molecule has 1 aromatic heterocycles. The van der Waals surface area contributed by atoms with Gasteiger partial charge in [-0.3, -0.25) is 0 Å². The first-order valence-corrected chi connectivity index (χ1v) is 4.83. The topological polar surface area (TPSA) is 59.4 Å². The number of nitrogens with zero attached hydrogens (tertiary/aromatic N) is 1. The first-order valence-electron chi connectivity index (χ1n) is 4.83. The van der Waals surface area contributed by atoms with E-state index in [9.17, 15) is 4.79 Å². The van der Waals surface area contributed by atoms with Crippen molar-refractivity contribution in [2.45, 2.75) is 6.61 Å². The number of carbonyl (C=O) groups is 1. The van der Waals surface area contributed by atoms with E-state index < -0.39 is 5.97 Å². The van der Waals surface area contributed by atoms with Crippen LogP contribution in [0.5, 0.6) is 0 Å².